The second-order valence-electron chi connectivity index (χ2n) is 6.03. The van der Waals surface area contributed by atoms with Gasteiger partial charge in [0.25, 0.3) is 0 Å². The Kier molecular flexibility index (Phi) is 5.18. The Morgan fingerprint density at radius 3 is 2.57 bits per heavy atom. The molecule has 7 heteroatoms. The Morgan fingerprint density at radius 1 is 1.17 bits per heavy atom. The Balaban J connectivity index is 1.63. The minimum Gasteiger partial charge on any atom is -0.492 e. The predicted octanol–water partition coefficient (Wildman–Crippen LogP) is 2.18. The fraction of sp³-hybridized carbons (Fsp3) is 0.625. The lowest BCUT2D eigenvalue weighted by Gasteiger charge is -2.30. The summed E-state index contributed by atoms with van der Waals surface area (Å²) in [7, 11) is -3.31. The highest BCUT2D eigenvalue weighted by molar-refractivity contribution is 7.89. The first-order valence-corrected chi connectivity index (χ1v) is 9.54. The van der Waals surface area contributed by atoms with E-state index < -0.39 is 10.0 Å². The molecule has 0 aliphatic carbocycles. The van der Waals surface area contributed by atoms with Crippen molar-refractivity contribution < 1.29 is 22.3 Å². The van der Waals surface area contributed by atoms with Crippen LogP contribution in [0.2, 0.25) is 0 Å². The van der Waals surface area contributed by atoms with E-state index in [0.717, 1.165) is 12.8 Å². The molecule has 2 fully saturated rings. The van der Waals surface area contributed by atoms with Gasteiger partial charge in [0, 0.05) is 19.8 Å². The molecule has 1 aromatic carbocycles. The van der Waals surface area contributed by atoms with Crippen LogP contribution >= 0.6 is 0 Å². The molecule has 23 heavy (non-hydrogen) atoms. The molecular formula is C16H22FNO4S. The van der Waals surface area contributed by atoms with Crippen LogP contribution in [0, 0.1) is 5.82 Å². The van der Waals surface area contributed by atoms with Gasteiger partial charge in [0.05, 0.1) is 11.3 Å². The van der Waals surface area contributed by atoms with Gasteiger partial charge in [0.1, 0.15) is 18.2 Å². The second-order valence-corrected chi connectivity index (χ2v) is 8.19. The average Bonchev–Trinajstić information content (AvgIpc) is 3.04. The van der Waals surface area contributed by atoms with Crippen LogP contribution in [-0.4, -0.2) is 50.4 Å². The van der Waals surface area contributed by atoms with Crippen molar-refractivity contribution in [2.75, 3.05) is 26.4 Å². The van der Waals surface area contributed by atoms with Crippen LogP contribution in [0.15, 0.2) is 24.3 Å². The molecule has 128 valence electrons. The van der Waals surface area contributed by atoms with E-state index in [1.165, 1.54) is 12.1 Å². The smallest absolute Gasteiger partial charge is 0.217 e. The van der Waals surface area contributed by atoms with Gasteiger partial charge in [-0.3, -0.25) is 0 Å². The van der Waals surface area contributed by atoms with Gasteiger partial charge < -0.3 is 9.47 Å². The Labute approximate surface area is 136 Å². The van der Waals surface area contributed by atoms with Crippen molar-refractivity contribution in [3.63, 3.8) is 0 Å². The highest BCUT2D eigenvalue weighted by atomic mass is 32.2. The number of hydrogen-bond donors (Lipinski definition) is 0. The number of nitrogens with zero attached hydrogens (tertiary/aromatic N) is 1. The molecule has 0 N–H and O–H groups in total. The number of benzene rings is 1. The third-order valence-corrected chi connectivity index (χ3v) is 6.94. The van der Waals surface area contributed by atoms with E-state index in [0.29, 0.717) is 45.0 Å². The molecular weight excluding hydrogens is 321 g/mol. The van der Waals surface area contributed by atoms with E-state index in [1.54, 1.807) is 16.4 Å². The summed E-state index contributed by atoms with van der Waals surface area (Å²) in [6, 6.07) is 5.64. The minimum absolute atomic E-state index is 0.145. The number of hydrogen-bond acceptors (Lipinski definition) is 4. The van der Waals surface area contributed by atoms with Crippen molar-refractivity contribution in [1.29, 1.82) is 0 Å². The van der Waals surface area contributed by atoms with Crippen molar-refractivity contribution in [2.24, 2.45) is 0 Å². The van der Waals surface area contributed by atoms with E-state index in [4.69, 9.17) is 9.47 Å². The Bertz CT molecular complexity index is 613. The molecule has 0 amide bonds. The monoisotopic (exact) mass is 343 g/mol. The van der Waals surface area contributed by atoms with E-state index >= 15 is 0 Å². The van der Waals surface area contributed by atoms with Gasteiger partial charge >= 0.3 is 0 Å². The molecule has 0 bridgehead atoms. The molecule has 2 aliphatic heterocycles. The summed E-state index contributed by atoms with van der Waals surface area (Å²) in [6.45, 7) is 1.87. The van der Waals surface area contributed by atoms with Crippen LogP contribution in [0.1, 0.15) is 25.7 Å². The SMILES string of the molecule is O=S(=O)(C1CCOCC1)N1CCCC1COc1ccc(F)cc1. The fourth-order valence-corrected chi connectivity index (χ4v) is 5.34. The van der Waals surface area contributed by atoms with E-state index in [9.17, 15) is 12.8 Å². The lowest BCUT2D eigenvalue weighted by atomic mass is 10.2. The summed E-state index contributed by atoms with van der Waals surface area (Å²) in [5.41, 5.74) is 0. The number of rotatable bonds is 5. The van der Waals surface area contributed by atoms with Gasteiger partial charge in [0.15, 0.2) is 0 Å². The zero-order valence-electron chi connectivity index (χ0n) is 13.0. The lowest BCUT2D eigenvalue weighted by Crippen LogP contribution is -2.45. The van der Waals surface area contributed by atoms with Crippen LogP contribution in [0.25, 0.3) is 0 Å². The van der Waals surface area contributed by atoms with E-state index in [1.807, 2.05) is 0 Å². The molecule has 0 spiro atoms. The first-order valence-electron chi connectivity index (χ1n) is 8.04. The standard InChI is InChI=1S/C16H22FNO4S/c17-13-3-5-15(6-4-13)22-12-14-2-1-9-18(14)23(19,20)16-7-10-21-11-8-16/h3-6,14,16H,1-2,7-12H2. The van der Waals surface area contributed by atoms with Gasteiger partial charge in [-0.05, 0) is 49.9 Å². The molecule has 2 aliphatic rings. The highest BCUT2D eigenvalue weighted by Crippen LogP contribution is 2.28. The summed E-state index contributed by atoms with van der Waals surface area (Å²) >= 11 is 0. The predicted molar refractivity (Wildman–Crippen MR) is 84.4 cm³/mol. The largest absolute Gasteiger partial charge is 0.492 e. The molecule has 5 nitrogen and oxygen atoms in total. The summed E-state index contributed by atoms with van der Waals surface area (Å²) < 4.78 is 51.1. The normalized spacial score (nSPS) is 24.0. The molecule has 1 aromatic rings. The molecule has 0 saturated carbocycles. The second kappa shape index (κ2) is 7.15. The van der Waals surface area contributed by atoms with Crippen LogP contribution in [-0.2, 0) is 14.8 Å². The molecule has 0 radical (unpaired) electrons. The number of ether oxygens (including phenoxy) is 2. The van der Waals surface area contributed by atoms with Gasteiger partial charge in [-0.1, -0.05) is 0 Å². The van der Waals surface area contributed by atoms with Crippen molar-refractivity contribution in [3.05, 3.63) is 30.1 Å². The Morgan fingerprint density at radius 2 is 1.87 bits per heavy atom. The summed E-state index contributed by atoms with van der Waals surface area (Å²) in [4.78, 5) is 0. The maximum Gasteiger partial charge on any atom is 0.217 e. The molecule has 3 rings (SSSR count). The first kappa shape index (κ1) is 16.7. The maximum absolute atomic E-state index is 12.9. The molecule has 2 saturated heterocycles. The molecule has 2 heterocycles. The van der Waals surface area contributed by atoms with Crippen molar-refractivity contribution in [2.45, 2.75) is 37.0 Å². The summed E-state index contributed by atoms with van der Waals surface area (Å²) in [6.07, 6.45) is 2.76. The molecule has 0 aromatic heterocycles. The number of halogens is 1. The minimum atomic E-state index is -3.31. The van der Waals surface area contributed by atoms with Crippen LogP contribution in [0.5, 0.6) is 5.75 Å². The van der Waals surface area contributed by atoms with Crippen LogP contribution < -0.4 is 4.74 Å². The Hall–Kier alpha value is -1.18. The third-order valence-electron chi connectivity index (χ3n) is 4.50. The summed E-state index contributed by atoms with van der Waals surface area (Å²) in [5, 5.41) is -0.345. The van der Waals surface area contributed by atoms with Crippen LogP contribution in [0.4, 0.5) is 4.39 Å². The zero-order valence-corrected chi connectivity index (χ0v) is 13.8. The maximum atomic E-state index is 12.9. The van der Waals surface area contributed by atoms with E-state index in [2.05, 4.69) is 0 Å². The quantitative estimate of drug-likeness (QED) is 0.822. The van der Waals surface area contributed by atoms with Crippen molar-refractivity contribution in [3.8, 4) is 5.75 Å². The van der Waals surface area contributed by atoms with Gasteiger partial charge in [-0.15, -0.1) is 0 Å². The van der Waals surface area contributed by atoms with Gasteiger partial charge in [-0.2, -0.15) is 4.31 Å². The average molecular weight is 343 g/mol. The fourth-order valence-electron chi connectivity index (χ4n) is 3.20. The molecule has 1 atom stereocenters. The number of sulfonamides is 1. The zero-order chi connectivity index (χ0) is 16.3. The molecule has 1 unspecified atom stereocenters. The van der Waals surface area contributed by atoms with Gasteiger partial charge in [-0.25, -0.2) is 12.8 Å². The first-order chi connectivity index (χ1) is 11.1. The van der Waals surface area contributed by atoms with E-state index in [-0.39, 0.29) is 17.1 Å². The van der Waals surface area contributed by atoms with Crippen molar-refractivity contribution in [1.82, 2.24) is 4.31 Å². The van der Waals surface area contributed by atoms with Gasteiger partial charge in [0.2, 0.25) is 10.0 Å². The highest BCUT2D eigenvalue weighted by Gasteiger charge is 2.40. The lowest BCUT2D eigenvalue weighted by molar-refractivity contribution is 0.0968. The third kappa shape index (κ3) is 3.84. The van der Waals surface area contributed by atoms with Crippen molar-refractivity contribution >= 4 is 10.0 Å². The van der Waals surface area contributed by atoms with Crippen LogP contribution in [0.3, 0.4) is 0 Å². The topological polar surface area (TPSA) is 55.8 Å². The summed E-state index contributed by atoms with van der Waals surface area (Å²) in [5.74, 6) is 0.239.